The summed E-state index contributed by atoms with van der Waals surface area (Å²) in [5.74, 6) is 0. The normalized spacial score (nSPS) is 26.8. The third-order valence-electron chi connectivity index (χ3n) is 5.51. The van der Waals surface area contributed by atoms with Crippen LogP contribution in [-0.2, 0) is 18.9 Å². The fourth-order valence-corrected chi connectivity index (χ4v) is 3.73. The summed E-state index contributed by atoms with van der Waals surface area (Å²) in [7, 11) is 0. The van der Waals surface area contributed by atoms with Crippen LogP contribution in [0.4, 0.5) is 0 Å². The molecular formula is C23H39NO5. The summed E-state index contributed by atoms with van der Waals surface area (Å²) < 4.78 is 25.1. The molecule has 0 unspecified atom stereocenters. The second kappa shape index (κ2) is 12.5. The van der Waals surface area contributed by atoms with E-state index in [1.165, 1.54) is 0 Å². The van der Waals surface area contributed by atoms with E-state index in [1.807, 2.05) is 6.07 Å². The number of aldehydes is 1. The molecule has 0 amide bonds. The second-order valence-corrected chi connectivity index (χ2v) is 8.00. The molecule has 0 aliphatic carbocycles. The molecule has 6 nitrogen and oxygen atoms in total. The zero-order chi connectivity index (χ0) is 21.1. The van der Waals surface area contributed by atoms with Crippen LogP contribution < -0.4 is 0 Å². The van der Waals surface area contributed by atoms with Crippen molar-refractivity contribution in [2.45, 2.75) is 90.1 Å². The Bertz CT molecular complexity index is 590. The highest BCUT2D eigenvalue weighted by Gasteiger charge is 2.56. The molecule has 1 saturated heterocycles. The molecule has 6 heteroatoms. The Hall–Kier alpha value is -1.21. The van der Waals surface area contributed by atoms with Gasteiger partial charge in [-0.25, -0.2) is 0 Å². The number of carbonyl (C=O) groups excluding carboxylic acids is 1. The summed E-state index contributed by atoms with van der Waals surface area (Å²) >= 11 is 0. The van der Waals surface area contributed by atoms with Crippen molar-refractivity contribution in [1.29, 1.82) is 0 Å². The smallest absolute Gasteiger partial charge is 0.166 e. The minimum atomic E-state index is -0.660. The summed E-state index contributed by atoms with van der Waals surface area (Å²) in [5, 5.41) is 0. The van der Waals surface area contributed by atoms with Crippen LogP contribution in [0.3, 0.4) is 0 Å². The van der Waals surface area contributed by atoms with Gasteiger partial charge in [-0.1, -0.05) is 40.0 Å². The lowest BCUT2D eigenvalue weighted by Gasteiger charge is -2.35. The number of hydrogen-bond donors (Lipinski definition) is 1. The van der Waals surface area contributed by atoms with Crippen LogP contribution in [0.15, 0.2) is 12.1 Å². The number of ether oxygens (including phenoxy) is 4. The van der Waals surface area contributed by atoms with E-state index in [1.54, 1.807) is 6.07 Å². The number of unbranched alkanes of at least 4 members (excludes halogenated alkanes) is 3. The van der Waals surface area contributed by atoms with Crippen molar-refractivity contribution in [3.05, 3.63) is 23.5 Å². The molecule has 29 heavy (non-hydrogen) atoms. The van der Waals surface area contributed by atoms with Crippen LogP contribution in [0, 0.1) is 0 Å². The predicted octanol–water partition coefficient (Wildman–Crippen LogP) is 4.84. The number of aromatic nitrogens is 1. The maximum Gasteiger partial charge on any atom is 0.166 e. The van der Waals surface area contributed by atoms with Crippen LogP contribution in [0.25, 0.3) is 0 Å². The third kappa shape index (κ3) is 6.38. The third-order valence-corrected chi connectivity index (χ3v) is 5.51. The molecule has 0 radical (unpaired) electrons. The molecular weight excluding hydrogens is 370 g/mol. The standard InChI is InChI=1S/C23H39NO5/c1-5-8-13-26-17-20-22(27-14-9-6-2)23(4,28-15-10-7-3)21(29-20)19-12-11-18(16-25)24-19/h11-12,16,20-22,24H,5-10,13-15,17H2,1-4H3/t20-,21-,22-,23+/m1/s1. The van der Waals surface area contributed by atoms with Gasteiger partial charge in [-0.15, -0.1) is 0 Å². The molecule has 1 aliphatic rings. The van der Waals surface area contributed by atoms with Gasteiger partial charge in [0.1, 0.15) is 23.9 Å². The first kappa shape index (κ1) is 24.1. The topological polar surface area (TPSA) is 69.8 Å². The van der Waals surface area contributed by atoms with E-state index in [2.05, 4.69) is 32.7 Å². The molecule has 1 fully saturated rings. The molecule has 1 N–H and O–H groups in total. The monoisotopic (exact) mass is 409 g/mol. The highest BCUT2D eigenvalue weighted by Crippen LogP contribution is 2.45. The first-order valence-electron chi connectivity index (χ1n) is 11.2. The Morgan fingerprint density at radius 3 is 2.41 bits per heavy atom. The van der Waals surface area contributed by atoms with E-state index in [-0.39, 0.29) is 18.3 Å². The minimum absolute atomic E-state index is 0.219. The average molecular weight is 410 g/mol. The Morgan fingerprint density at radius 2 is 1.76 bits per heavy atom. The Kier molecular flexibility index (Phi) is 10.4. The van der Waals surface area contributed by atoms with Crippen LogP contribution >= 0.6 is 0 Å². The first-order valence-corrected chi connectivity index (χ1v) is 11.2. The summed E-state index contributed by atoms with van der Waals surface area (Å²) in [6.45, 7) is 11.0. The van der Waals surface area contributed by atoms with Crippen LogP contribution in [0.1, 0.15) is 88.5 Å². The van der Waals surface area contributed by atoms with Crippen molar-refractivity contribution in [2.24, 2.45) is 0 Å². The van der Waals surface area contributed by atoms with Crippen molar-refractivity contribution in [1.82, 2.24) is 4.98 Å². The molecule has 0 bridgehead atoms. The van der Waals surface area contributed by atoms with Crippen molar-refractivity contribution in [3.63, 3.8) is 0 Å². The largest absolute Gasteiger partial charge is 0.379 e. The van der Waals surface area contributed by atoms with Crippen molar-refractivity contribution >= 4 is 6.29 Å². The number of carbonyl (C=O) groups is 1. The van der Waals surface area contributed by atoms with Gasteiger partial charge < -0.3 is 23.9 Å². The van der Waals surface area contributed by atoms with E-state index in [0.717, 1.165) is 50.5 Å². The van der Waals surface area contributed by atoms with E-state index in [0.29, 0.717) is 32.1 Å². The van der Waals surface area contributed by atoms with E-state index < -0.39 is 5.60 Å². The molecule has 2 rings (SSSR count). The lowest BCUT2D eigenvalue weighted by atomic mass is 9.90. The van der Waals surface area contributed by atoms with E-state index in [9.17, 15) is 4.79 Å². The quantitative estimate of drug-likeness (QED) is 0.331. The Morgan fingerprint density at radius 1 is 1.07 bits per heavy atom. The molecule has 1 aromatic heterocycles. The van der Waals surface area contributed by atoms with Crippen LogP contribution in [0.2, 0.25) is 0 Å². The lowest BCUT2D eigenvalue weighted by molar-refractivity contribution is -0.138. The zero-order valence-corrected chi connectivity index (χ0v) is 18.6. The molecule has 0 saturated carbocycles. The van der Waals surface area contributed by atoms with Crippen molar-refractivity contribution in [3.8, 4) is 0 Å². The molecule has 166 valence electrons. The Balaban J connectivity index is 2.24. The maximum absolute atomic E-state index is 11.2. The summed E-state index contributed by atoms with van der Waals surface area (Å²) in [5.41, 5.74) is 0.712. The van der Waals surface area contributed by atoms with Gasteiger partial charge in [-0.3, -0.25) is 4.79 Å². The zero-order valence-electron chi connectivity index (χ0n) is 18.6. The second-order valence-electron chi connectivity index (χ2n) is 8.00. The fraction of sp³-hybridized carbons (Fsp3) is 0.783. The van der Waals surface area contributed by atoms with Gasteiger partial charge >= 0.3 is 0 Å². The fourth-order valence-electron chi connectivity index (χ4n) is 3.73. The van der Waals surface area contributed by atoms with Crippen molar-refractivity contribution in [2.75, 3.05) is 26.4 Å². The van der Waals surface area contributed by atoms with E-state index in [4.69, 9.17) is 18.9 Å². The molecule has 0 aromatic carbocycles. The molecule has 4 atom stereocenters. The van der Waals surface area contributed by atoms with Gasteiger partial charge in [-0.2, -0.15) is 0 Å². The van der Waals surface area contributed by atoms with Gasteiger partial charge in [-0.05, 0) is 38.3 Å². The van der Waals surface area contributed by atoms with Gasteiger partial charge in [0.15, 0.2) is 6.29 Å². The number of aromatic amines is 1. The molecule has 2 heterocycles. The molecule has 1 aliphatic heterocycles. The Labute approximate surface area is 175 Å². The number of rotatable bonds is 15. The molecule has 1 aromatic rings. The van der Waals surface area contributed by atoms with Crippen LogP contribution in [-0.4, -0.2) is 55.5 Å². The summed E-state index contributed by atoms with van der Waals surface area (Å²) in [6, 6.07) is 3.68. The van der Waals surface area contributed by atoms with Crippen molar-refractivity contribution < 1.29 is 23.7 Å². The maximum atomic E-state index is 11.2. The van der Waals surface area contributed by atoms with Crippen LogP contribution in [0.5, 0.6) is 0 Å². The minimum Gasteiger partial charge on any atom is -0.379 e. The highest BCUT2D eigenvalue weighted by atomic mass is 16.6. The number of hydrogen-bond acceptors (Lipinski definition) is 5. The average Bonchev–Trinajstić information content (AvgIpc) is 3.29. The number of H-pyrrole nitrogens is 1. The number of nitrogens with one attached hydrogen (secondary N) is 1. The summed E-state index contributed by atoms with van der Waals surface area (Å²) in [4.78, 5) is 14.3. The van der Waals surface area contributed by atoms with Gasteiger partial charge in [0.25, 0.3) is 0 Å². The highest BCUT2D eigenvalue weighted by molar-refractivity contribution is 5.72. The first-order chi connectivity index (χ1) is 14.1. The van der Waals surface area contributed by atoms with Gasteiger partial charge in [0.2, 0.25) is 0 Å². The molecule has 0 spiro atoms. The summed E-state index contributed by atoms with van der Waals surface area (Å²) in [6.07, 6.45) is 6.24. The van der Waals surface area contributed by atoms with Gasteiger partial charge in [0, 0.05) is 25.5 Å². The SMILES string of the molecule is CCCCOC[C@H]1O[C@H](c2ccc(C=O)[nH]2)[C@](C)(OCCCC)[C@@H]1OCCCC. The van der Waals surface area contributed by atoms with Gasteiger partial charge in [0.05, 0.1) is 12.3 Å². The predicted molar refractivity (Wildman–Crippen MR) is 113 cm³/mol. The lowest BCUT2D eigenvalue weighted by Crippen LogP contribution is -2.48. The van der Waals surface area contributed by atoms with E-state index >= 15 is 0 Å².